The number of nitrogens with one attached hydrogen (secondary N) is 1. The second kappa shape index (κ2) is 4.66. The Kier molecular flexibility index (Phi) is 3.60. The summed E-state index contributed by atoms with van der Waals surface area (Å²) in [6.07, 6.45) is 7.17. The van der Waals surface area contributed by atoms with Crippen molar-refractivity contribution in [3.63, 3.8) is 0 Å². The van der Waals surface area contributed by atoms with E-state index in [0.717, 1.165) is 18.0 Å². The molecule has 0 aromatic heterocycles. The molecule has 0 radical (unpaired) electrons. The van der Waals surface area contributed by atoms with Gasteiger partial charge in [-0.1, -0.05) is 6.42 Å². The second-order valence-corrected chi connectivity index (χ2v) is 6.79. The minimum absolute atomic E-state index is 0.273. The molecule has 2 aliphatic rings. The maximum absolute atomic E-state index is 3.66. The van der Waals surface area contributed by atoms with Gasteiger partial charge in [0.25, 0.3) is 0 Å². The van der Waals surface area contributed by atoms with Gasteiger partial charge < -0.3 is 10.2 Å². The van der Waals surface area contributed by atoms with Gasteiger partial charge in [0.15, 0.2) is 0 Å². The molecule has 2 nitrogen and oxygen atoms in total. The van der Waals surface area contributed by atoms with E-state index in [2.05, 4.69) is 38.0 Å². The van der Waals surface area contributed by atoms with Crippen LogP contribution in [0, 0.1) is 5.92 Å². The molecule has 0 aromatic carbocycles. The highest BCUT2D eigenvalue weighted by molar-refractivity contribution is 4.94. The molecule has 2 fully saturated rings. The van der Waals surface area contributed by atoms with Crippen molar-refractivity contribution in [1.29, 1.82) is 0 Å². The summed E-state index contributed by atoms with van der Waals surface area (Å²) in [5.41, 5.74) is 0.273. The fraction of sp³-hybridized carbons (Fsp3) is 1.00. The van der Waals surface area contributed by atoms with Crippen molar-refractivity contribution in [2.75, 3.05) is 13.6 Å². The van der Waals surface area contributed by atoms with Crippen LogP contribution in [0.25, 0.3) is 0 Å². The predicted octanol–water partition coefficient (Wildman–Crippen LogP) is 2.64. The summed E-state index contributed by atoms with van der Waals surface area (Å²) in [4.78, 5) is 2.67. The Balaban J connectivity index is 1.74. The zero-order valence-electron chi connectivity index (χ0n) is 11.4. The maximum Gasteiger partial charge on any atom is 0.0136 e. The van der Waals surface area contributed by atoms with Crippen LogP contribution in [0.1, 0.15) is 52.9 Å². The minimum atomic E-state index is 0.273. The van der Waals surface area contributed by atoms with Crippen LogP contribution in [0.4, 0.5) is 0 Å². The zero-order chi connectivity index (χ0) is 11.8. The van der Waals surface area contributed by atoms with Crippen molar-refractivity contribution < 1.29 is 0 Å². The Bertz CT molecular complexity index is 227. The van der Waals surface area contributed by atoms with Crippen LogP contribution < -0.4 is 5.32 Å². The SMILES string of the molecule is CN(C1CCC1)C1CCC1CNC(C)(C)C. The van der Waals surface area contributed by atoms with Crippen molar-refractivity contribution in [2.45, 2.75) is 70.5 Å². The molecule has 0 spiro atoms. The molecule has 2 aliphatic carbocycles. The highest BCUT2D eigenvalue weighted by atomic mass is 15.2. The Morgan fingerprint density at radius 2 is 1.81 bits per heavy atom. The van der Waals surface area contributed by atoms with E-state index in [0.29, 0.717) is 0 Å². The monoisotopic (exact) mass is 224 g/mol. The van der Waals surface area contributed by atoms with Crippen molar-refractivity contribution in [3.05, 3.63) is 0 Å². The van der Waals surface area contributed by atoms with Crippen molar-refractivity contribution in [3.8, 4) is 0 Å². The van der Waals surface area contributed by atoms with Gasteiger partial charge in [-0.3, -0.25) is 0 Å². The van der Waals surface area contributed by atoms with Crippen LogP contribution in [-0.2, 0) is 0 Å². The molecule has 0 saturated heterocycles. The highest BCUT2D eigenvalue weighted by Gasteiger charge is 2.38. The molecule has 2 unspecified atom stereocenters. The maximum atomic E-state index is 3.66. The molecule has 1 N–H and O–H groups in total. The lowest BCUT2D eigenvalue weighted by Crippen LogP contribution is -2.55. The molecule has 0 amide bonds. The number of nitrogens with zero attached hydrogens (tertiary/aromatic N) is 1. The molecule has 2 saturated carbocycles. The lowest BCUT2D eigenvalue weighted by Gasteiger charge is -2.49. The second-order valence-electron chi connectivity index (χ2n) is 6.79. The Morgan fingerprint density at radius 3 is 2.19 bits per heavy atom. The van der Waals surface area contributed by atoms with E-state index in [1.807, 2.05) is 0 Å². The van der Waals surface area contributed by atoms with Gasteiger partial charge in [-0.05, 0) is 66.0 Å². The third-order valence-electron chi connectivity index (χ3n) is 4.45. The fourth-order valence-electron chi connectivity index (χ4n) is 2.83. The van der Waals surface area contributed by atoms with E-state index < -0.39 is 0 Å². The van der Waals surface area contributed by atoms with Crippen LogP contribution in [0.2, 0.25) is 0 Å². The predicted molar refractivity (Wildman–Crippen MR) is 69.7 cm³/mol. The van der Waals surface area contributed by atoms with Crippen LogP contribution in [0.5, 0.6) is 0 Å². The van der Waals surface area contributed by atoms with Gasteiger partial charge in [0.1, 0.15) is 0 Å². The van der Waals surface area contributed by atoms with E-state index in [-0.39, 0.29) is 5.54 Å². The first kappa shape index (κ1) is 12.4. The average Bonchev–Trinajstić information content (AvgIpc) is 1.95. The number of hydrogen-bond acceptors (Lipinski definition) is 2. The molecule has 16 heavy (non-hydrogen) atoms. The van der Waals surface area contributed by atoms with Crippen LogP contribution >= 0.6 is 0 Å². The summed E-state index contributed by atoms with van der Waals surface area (Å²) in [6, 6.07) is 1.77. The third-order valence-corrected chi connectivity index (χ3v) is 4.45. The number of rotatable bonds is 4. The molecule has 0 bridgehead atoms. The lowest BCUT2D eigenvalue weighted by molar-refractivity contribution is 0.0192. The minimum Gasteiger partial charge on any atom is -0.312 e. The largest absolute Gasteiger partial charge is 0.312 e. The normalized spacial score (nSPS) is 31.3. The molecule has 0 aliphatic heterocycles. The first-order valence-electron chi connectivity index (χ1n) is 6.94. The molecule has 0 heterocycles. The van der Waals surface area contributed by atoms with E-state index in [1.54, 1.807) is 0 Å². The van der Waals surface area contributed by atoms with E-state index >= 15 is 0 Å². The summed E-state index contributed by atoms with van der Waals surface area (Å²) >= 11 is 0. The van der Waals surface area contributed by atoms with Gasteiger partial charge in [0.05, 0.1) is 0 Å². The van der Waals surface area contributed by atoms with Gasteiger partial charge in [0, 0.05) is 17.6 Å². The smallest absolute Gasteiger partial charge is 0.0136 e. The van der Waals surface area contributed by atoms with Crippen molar-refractivity contribution in [2.24, 2.45) is 5.92 Å². The first-order chi connectivity index (χ1) is 7.47. The van der Waals surface area contributed by atoms with Crippen LogP contribution in [0.15, 0.2) is 0 Å². The van der Waals surface area contributed by atoms with Gasteiger partial charge in [0.2, 0.25) is 0 Å². The van der Waals surface area contributed by atoms with E-state index in [4.69, 9.17) is 0 Å². The van der Waals surface area contributed by atoms with Crippen LogP contribution in [0.3, 0.4) is 0 Å². The molecule has 0 aromatic rings. The summed E-state index contributed by atoms with van der Waals surface area (Å²) in [7, 11) is 2.34. The third kappa shape index (κ3) is 2.78. The summed E-state index contributed by atoms with van der Waals surface area (Å²) in [5, 5.41) is 3.66. The highest BCUT2D eigenvalue weighted by Crippen LogP contribution is 2.36. The molecule has 2 atom stereocenters. The summed E-state index contributed by atoms with van der Waals surface area (Å²) < 4.78 is 0. The van der Waals surface area contributed by atoms with Gasteiger partial charge >= 0.3 is 0 Å². The Labute approximate surface area is 101 Å². The topological polar surface area (TPSA) is 15.3 Å². The van der Waals surface area contributed by atoms with Crippen molar-refractivity contribution in [1.82, 2.24) is 10.2 Å². The zero-order valence-corrected chi connectivity index (χ0v) is 11.4. The Hall–Kier alpha value is -0.0800. The molecule has 94 valence electrons. The quantitative estimate of drug-likeness (QED) is 0.790. The molecule has 2 rings (SSSR count). The standard InChI is InChI=1S/C14H28N2/c1-14(2,3)15-10-11-8-9-13(11)16(4)12-6-5-7-12/h11-13,15H,5-10H2,1-4H3. The molecular formula is C14H28N2. The van der Waals surface area contributed by atoms with Gasteiger partial charge in [-0.2, -0.15) is 0 Å². The molecular weight excluding hydrogens is 196 g/mol. The van der Waals surface area contributed by atoms with Gasteiger partial charge in [-0.15, -0.1) is 0 Å². The summed E-state index contributed by atoms with van der Waals surface area (Å²) in [6.45, 7) is 7.98. The van der Waals surface area contributed by atoms with Gasteiger partial charge in [-0.25, -0.2) is 0 Å². The van der Waals surface area contributed by atoms with E-state index in [1.165, 1.54) is 38.6 Å². The van der Waals surface area contributed by atoms with E-state index in [9.17, 15) is 0 Å². The van der Waals surface area contributed by atoms with Crippen molar-refractivity contribution >= 4 is 0 Å². The average molecular weight is 224 g/mol. The summed E-state index contributed by atoms with van der Waals surface area (Å²) in [5.74, 6) is 0.893. The lowest BCUT2D eigenvalue weighted by atomic mass is 9.76. The Morgan fingerprint density at radius 1 is 1.12 bits per heavy atom. The first-order valence-corrected chi connectivity index (χ1v) is 6.94. The fourth-order valence-corrected chi connectivity index (χ4v) is 2.83. The van der Waals surface area contributed by atoms with Crippen LogP contribution in [-0.4, -0.2) is 36.1 Å². The molecule has 2 heteroatoms. The number of hydrogen-bond donors (Lipinski definition) is 1.